The molecule has 2 aromatic carbocycles. The number of sulfone groups is 1. The van der Waals surface area contributed by atoms with Gasteiger partial charge in [-0.25, -0.2) is 8.42 Å². The second-order valence-corrected chi connectivity index (χ2v) is 9.41. The Kier molecular flexibility index (Phi) is 5.59. The molecule has 0 spiro atoms. The van der Waals surface area contributed by atoms with Crippen molar-refractivity contribution in [2.24, 2.45) is 0 Å². The van der Waals surface area contributed by atoms with Crippen molar-refractivity contribution in [3.05, 3.63) is 65.9 Å². The summed E-state index contributed by atoms with van der Waals surface area (Å²) >= 11 is 0. The van der Waals surface area contributed by atoms with E-state index in [9.17, 15) is 13.2 Å². The number of hydrogen-bond acceptors (Lipinski definition) is 6. The van der Waals surface area contributed by atoms with Crippen molar-refractivity contribution in [2.75, 3.05) is 5.75 Å². The zero-order valence-electron chi connectivity index (χ0n) is 16.5. The van der Waals surface area contributed by atoms with Gasteiger partial charge >= 0.3 is 0 Å². The van der Waals surface area contributed by atoms with Crippen LogP contribution >= 0.6 is 0 Å². The molecule has 3 aromatic rings. The van der Waals surface area contributed by atoms with Crippen molar-refractivity contribution in [3.8, 4) is 17.1 Å². The van der Waals surface area contributed by atoms with Crippen LogP contribution in [0.25, 0.3) is 11.3 Å². The molecule has 0 radical (unpaired) electrons. The molecule has 2 heterocycles. The van der Waals surface area contributed by atoms with E-state index in [4.69, 9.17) is 9.26 Å². The molecule has 0 aliphatic carbocycles. The maximum Gasteiger partial charge on any atom is 0.221 e. The van der Waals surface area contributed by atoms with Crippen LogP contribution in [0.1, 0.15) is 24.6 Å². The van der Waals surface area contributed by atoms with E-state index in [2.05, 4.69) is 10.5 Å². The molecule has 156 valence electrons. The zero-order chi connectivity index (χ0) is 21.1. The summed E-state index contributed by atoms with van der Waals surface area (Å²) < 4.78 is 35.7. The van der Waals surface area contributed by atoms with Gasteiger partial charge in [0.05, 0.1) is 17.2 Å². The predicted octanol–water partition coefficient (Wildman–Crippen LogP) is 3.15. The van der Waals surface area contributed by atoms with Crippen LogP contribution in [-0.4, -0.2) is 31.3 Å². The molecule has 1 atom stereocenters. The first-order valence-electron chi connectivity index (χ1n) is 9.71. The van der Waals surface area contributed by atoms with Crippen molar-refractivity contribution >= 4 is 15.7 Å². The average Bonchev–Trinajstić information content (AvgIpc) is 3.36. The van der Waals surface area contributed by atoms with Crippen LogP contribution in [0.5, 0.6) is 5.75 Å². The topological polar surface area (TPSA) is 98.5 Å². The van der Waals surface area contributed by atoms with Gasteiger partial charge in [-0.05, 0) is 30.7 Å². The lowest BCUT2D eigenvalue weighted by molar-refractivity contribution is -0.120. The summed E-state index contributed by atoms with van der Waals surface area (Å²) in [7, 11) is -3.49. The first kappa shape index (κ1) is 20.2. The molecule has 0 bridgehead atoms. The summed E-state index contributed by atoms with van der Waals surface area (Å²) in [6.07, 6.45) is 0.937. The molecule has 1 amide bonds. The molecule has 1 aliphatic heterocycles. The highest BCUT2D eigenvalue weighted by molar-refractivity contribution is 7.91. The smallest absolute Gasteiger partial charge is 0.221 e. The molecule has 0 fully saturated rings. The third-order valence-electron chi connectivity index (χ3n) is 4.91. The number of carbonyl (C=O) groups excluding carboxylic acids is 1. The number of benzene rings is 2. The van der Waals surface area contributed by atoms with Gasteiger partial charge in [0.2, 0.25) is 5.91 Å². The molecule has 4 rings (SSSR count). The molecule has 8 heteroatoms. The van der Waals surface area contributed by atoms with Gasteiger partial charge in [0.15, 0.2) is 15.6 Å². The Bertz CT molecular complexity index is 1160. The second-order valence-electron chi connectivity index (χ2n) is 7.30. The van der Waals surface area contributed by atoms with Gasteiger partial charge in [0.1, 0.15) is 17.5 Å². The lowest BCUT2D eigenvalue weighted by Crippen LogP contribution is -2.25. The molecule has 0 saturated carbocycles. The first-order valence-corrected chi connectivity index (χ1v) is 11.4. The van der Waals surface area contributed by atoms with Gasteiger partial charge < -0.3 is 14.6 Å². The molecule has 1 aromatic heterocycles. The summed E-state index contributed by atoms with van der Waals surface area (Å²) in [4.78, 5) is 12.3. The number of nitrogens with one attached hydrogen (secondary N) is 1. The summed E-state index contributed by atoms with van der Waals surface area (Å²) in [5.41, 5.74) is 2.57. The standard InChI is InChI=1S/C22H22N2O5S/c1-15-11-16-7-8-17(12-20(16)28-15)21-13-18(24-29-21)14-23-22(25)9-10-30(26,27)19-5-3-2-4-6-19/h2-8,12-13,15H,9-11,14H2,1H3,(H,23,25)/t15-/m0/s1. The van der Waals surface area contributed by atoms with Gasteiger partial charge in [-0.1, -0.05) is 35.5 Å². The average molecular weight is 426 g/mol. The molecule has 1 N–H and O–H groups in total. The summed E-state index contributed by atoms with van der Waals surface area (Å²) in [5, 5.41) is 6.67. The Morgan fingerprint density at radius 3 is 2.77 bits per heavy atom. The van der Waals surface area contributed by atoms with Crippen molar-refractivity contribution in [3.63, 3.8) is 0 Å². The maximum absolute atomic E-state index is 12.3. The lowest BCUT2D eigenvalue weighted by Gasteiger charge is -2.05. The number of ether oxygens (including phenoxy) is 1. The third kappa shape index (κ3) is 4.54. The Morgan fingerprint density at radius 1 is 1.17 bits per heavy atom. The largest absolute Gasteiger partial charge is 0.490 e. The van der Waals surface area contributed by atoms with Gasteiger partial charge in [-0.3, -0.25) is 4.79 Å². The van der Waals surface area contributed by atoms with E-state index in [-0.39, 0.29) is 35.6 Å². The molecule has 0 unspecified atom stereocenters. The molecule has 7 nitrogen and oxygen atoms in total. The number of rotatable bonds is 7. The van der Waals surface area contributed by atoms with Gasteiger partial charge in [0.25, 0.3) is 0 Å². The highest BCUT2D eigenvalue weighted by atomic mass is 32.2. The number of hydrogen-bond donors (Lipinski definition) is 1. The fraction of sp³-hybridized carbons (Fsp3) is 0.273. The van der Waals surface area contributed by atoms with Crippen LogP contribution < -0.4 is 10.1 Å². The molecule has 0 saturated heterocycles. The van der Waals surface area contributed by atoms with Crippen molar-refractivity contribution in [2.45, 2.75) is 37.3 Å². The summed E-state index contributed by atoms with van der Waals surface area (Å²) in [6, 6.07) is 15.8. The lowest BCUT2D eigenvalue weighted by atomic mass is 10.1. The Balaban J connectivity index is 1.31. The third-order valence-corrected chi connectivity index (χ3v) is 6.64. The molecular weight excluding hydrogens is 404 g/mol. The van der Waals surface area contributed by atoms with Gasteiger partial charge in [-0.2, -0.15) is 0 Å². The van der Waals surface area contributed by atoms with Crippen molar-refractivity contribution in [1.29, 1.82) is 0 Å². The highest BCUT2D eigenvalue weighted by Crippen LogP contribution is 2.33. The van der Waals surface area contributed by atoms with Crippen LogP contribution in [0.2, 0.25) is 0 Å². The maximum atomic E-state index is 12.3. The quantitative estimate of drug-likeness (QED) is 0.623. The van der Waals surface area contributed by atoms with Crippen LogP contribution in [0.4, 0.5) is 0 Å². The van der Waals surface area contributed by atoms with E-state index in [0.29, 0.717) is 11.5 Å². The van der Waals surface area contributed by atoms with E-state index < -0.39 is 9.84 Å². The highest BCUT2D eigenvalue weighted by Gasteiger charge is 2.20. The second kappa shape index (κ2) is 8.31. The monoisotopic (exact) mass is 426 g/mol. The number of amides is 1. The van der Waals surface area contributed by atoms with Crippen LogP contribution in [-0.2, 0) is 27.6 Å². The number of aromatic nitrogens is 1. The van der Waals surface area contributed by atoms with E-state index in [1.165, 1.54) is 17.7 Å². The SMILES string of the molecule is C[C@H]1Cc2ccc(-c3cc(CNC(=O)CCS(=O)(=O)c4ccccc4)no3)cc2O1. The summed E-state index contributed by atoms with van der Waals surface area (Å²) in [5.74, 6) is 0.821. The van der Waals surface area contributed by atoms with E-state index in [1.807, 2.05) is 25.1 Å². The van der Waals surface area contributed by atoms with E-state index in [0.717, 1.165) is 17.7 Å². The van der Waals surface area contributed by atoms with E-state index >= 15 is 0 Å². The normalized spacial score (nSPS) is 15.4. The van der Waals surface area contributed by atoms with Crippen molar-refractivity contribution in [1.82, 2.24) is 10.5 Å². The number of fused-ring (bicyclic) bond motifs is 1. The van der Waals surface area contributed by atoms with Crippen LogP contribution in [0, 0.1) is 0 Å². The van der Waals surface area contributed by atoms with Crippen LogP contribution in [0.3, 0.4) is 0 Å². The minimum absolute atomic E-state index is 0.123. The van der Waals surface area contributed by atoms with Crippen LogP contribution in [0.15, 0.2) is 64.0 Å². The minimum atomic E-state index is -3.49. The molecular formula is C22H22N2O5S. The van der Waals surface area contributed by atoms with Gasteiger partial charge in [0, 0.05) is 24.5 Å². The first-order chi connectivity index (χ1) is 14.4. The number of nitrogens with zero attached hydrogens (tertiary/aromatic N) is 1. The fourth-order valence-electron chi connectivity index (χ4n) is 3.34. The van der Waals surface area contributed by atoms with E-state index in [1.54, 1.807) is 24.3 Å². The fourth-order valence-corrected chi connectivity index (χ4v) is 4.60. The predicted molar refractivity (Wildman–Crippen MR) is 111 cm³/mol. The van der Waals surface area contributed by atoms with Crippen molar-refractivity contribution < 1.29 is 22.5 Å². The Hall–Kier alpha value is -3.13. The zero-order valence-corrected chi connectivity index (χ0v) is 17.3. The molecule has 30 heavy (non-hydrogen) atoms. The summed E-state index contributed by atoms with van der Waals surface area (Å²) in [6.45, 7) is 2.19. The Labute approximate surface area is 175 Å². The van der Waals surface area contributed by atoms with Gasteiger partial charge in [-0.15, -0.1) is 0 Å². The molecule has 1 aliphatic rings. The minimum Gasteiger partial charge on any atom is -0.490 e. The Morgan fingerprint density at radius 2 is 1.97 bits per heavy atom. The number of carbonyl (C=O) groups is 1.